The summed E-state index contributed by atoms with van der Waals surface area (Å²) in [6.07, 6.45) is 0. The molecule has 0 bridgehead atoms. The lowest BCUT2D eigenvalue weighted by Crippen LogP contribution is -2.01. The van der Waals surface area contributed by atoms with Crippen LogP contribution in [0.5, 0.6) is 5.75 Å². The molecule has 3 aromatic rings. The fourth-order valence-electron chi connectivity index (χ4n) is 1.99. The highest BCUT2D eigenvalue weighted by molar-refractivity contribution is 9.10. The van der Waals surface area contributed by atoms with Crippen LogP contribution in [0.25, 0.3) is 11.4 Å². The summed E-state index contributed by atoms with van der Waals surface area (Å²) in [5, 5.41) is 6.85. The fraction of sp³-hybridized carbons (Fsp3) is 0.125. The van der Waals surface area contributed by atoms with Gasteiger partial charge < -0.3 is 14.6 Å². The van der Waals surface area contributed by atoms with E-state index in [1.54, 1.807) is 19.2 Å². The molecule has 118 valence electrons. The standard InChI is InChI=1S/C16H13BrFN3O2/c1-22-12-5-2-10(3-6-12)16-20-15(23-21-16)9-19-14-7-4-11(17)8-13(14)18/h2-8,19H,9H2,1H3. The van der Waals surface area contributed by atoms with Gasteiger partial charge in [0, 0.05) is 10.0 Å². The van der Waals surface area contributed by atoms with Crippen molar-refractivity contribution >= 4 is 21.6 Å². The van der Waals surface area contributed by atoms with E-state index in [4.69, 9.17) is 9.26 Å². The predicted molar refractivity (Wildman–Crippen MR) is 87.7 cm³/mol. The third kappa shape index (κ3) is 3.68. The average molecular weight is 378 g/mol. The second kappa shape index (κ2) is 6.78. The summed E-state index contributed by atoms with van der Waals surface area (Å²) in [5.41, 5.74) is 1.19. The van der Waals surface area contributed by atoms with Crippen molar-refractivity contribution < 1.29 is 13.7 Å². The van der Waals surface area contributed by atoms with Crippen LogP contribution in [0.2, 0.25) is 0 Å². The number of methoxy groups -OCH3 is 1. The van der Waals surface area contributed by atoms with Crippen LogP contribution in [0.4, 0.5) is 10.1 Å². The molecule has 0 saturated carbocycles. The number of ether oxygens (including phenoxy) is 1. The van der Waals surface area contributed by atoms with Crippen molar-refractivity contribution in [2.24, 2.45) is 0 Å². The molecule has 0 atom stereocenters. The van der Waals surface area contributed by atoms with Crippen LogP contribution in [-0.4, -0.2) is 17.3 Å². The first-order chi connectivity index (χ1) is 11.2. The molecule has 1 heterocycles. The van der Waals surface area contributed by atoms with Gasteiger partial charge in [0.15, 0.2) is 0 Å². The zero-order valence-corrected chi connectivity index (χ0v) is 13.8. The number of benzene rings is 2. The van der Waals surface area contributed by atoms with E-state index < -0.39 is 0 Å². The number of hydrogen-bond donors (Lipinski definition) is 1. The van der Waals surface area contributed by atoms with E-state index in [9.17, 15) is 4.39 Å². The lowest BCUT2D eigenvalue weighted by atomic mass is 10.2. The Morgan fingerprint density at radius 2 is 2.00 bits per heavy atom. The molecule has 0 fully saturated rings. The minimum atomic E-state index is -0.353. The molecule has 0 radical (unpaired) electrons. The van der Waals surface area contributed by atoms with E-state index in [0.717, 1.165) is 11.3 Å². The lowest BCUT2D eigenvalue weighted by molar-refractivity contribution is 0.384. The smallest absolute Gasteiger partial charge is 0.246 e. The third-order valence-corrected chi connectivity index (χ3v) is 3.67. The van der Waals surface area contributed by atoms with Gasteiger partial charge >= 0.3 is 0 Å². The monoisotopic (exact) mass is 377 g/mol. The van der Waals surface area contributed by atoms with Crippen molar-refractivity contribution in [3.8, 4) is 17.1 Å². The number of halogens is 2. The van der Waals surface area contributed by atoms with E-state index in [0.29, 0.717) is 21.9 Å². The molecule has 0 amide bonds. The molecule has 5 nitrogen and oxygen atoms in total. The summed E-state index contributed by atoms with van der Waals surface area (Å²) in [4.78, 5) is 4.29. The van der Waals surface area contributed by atoms with Crippen molar-refractivity contribution in [3.05, 3.63) is 58.6 Å². The first kappa shape index (κ1) is 15.5. The molecule has 1 aromatic heterocycles. The van der Waals surface area contributed by atoms with Crippen molar-refractivity contribution in [3.63, 3.8) is 0 Å². The number of nitrogens with zero attached hydrogens (tertiary/aromatic N) is 2. The van der Waals surface area contributed by atoms with Crippen molar-refractivity contribution in [2.45, 2.75) is 6.54 Å². The molecular formula is C16H13BrFN3O2. The highest BCUT2D eigenvalue weighted by atomic mass is 79.9. The molecular weight excluding hydrogens is 365 g/mol. The van der Waals surface area contributed by atoms with Gasteiger partial charge in [0.1, 0.15) is 11.6 Å². The predicted octanol–water partition coefficient (Wildman–Crippen LogP) is 4.26. The second-order valence-electron chi connectivity index (χ2n) is 4.72. The normalized spacial score (nSPS) is 10.6. The first-order valence-electron chi connectivity index (χ1n) is 6.81. The third-order valence-electron chi connectivity index (χ3n) is 3.18. The summed E-state index contributed by atoms with van der Waals surface area (Å²) in [6, 6.07) is 12.1. The quantitative estimate of drug-likeness (QED) is 0.719. The highest BCUT2D eigenvalue weighted by Crippen LogP contribution is 2.21. The lowest BCUT2D eigenvalue weighted by Gasteiger charge is -2.04. The zero-order chi connectivity index (χ0) is 16.2. The van der Waals surface area contributed by atoms with E-state index >= 15 is 0 Å². The van der Waals surface area contributed by atoms with Gasteiger partial charge in [-0.15, -0.1) is 0 Å². The average Bonchev–Trinajstić information content (AvgIpc) is 3.03. The fourth-order valence-corrected chi connectivity index (χ4v) is 2.32. The van der Waals surface area contributed by atoms with Gasteiger partial charge in [0.2, 0.25) is 11.7 Å². The van der Waals surface area contributed by atoms with Gasteiger partial charge in [0.25, 0.3) is 0 Å². The Kier molecular flexibility index (Phi) is 4.57. The molecule has 2 aromatic carbocycles. The van der Waals surface area contributed by atoms with E-state index in [1.165, 1.54) is 6.07 Å². The molecule has 0 aliphatic carbocycles. The van der Waals surface area contributed by atoms with E-state index in [-0.39, 0.29) is 12.4 Å². The van der Waals surface area contributed by atoms with Crippen molar-refractivity contribution in [1.29, 1.82) is 0 Å². The topological polar surface area (TPSA) is 60.2 Å². The minimum Gasteiger partial charge on any atom is -0.497 e. The number of nitrogens with one attached hydrogen (secondary N) is 1. The van der Waals surface area contributed by atoms with Gasteiger partial charge in [-0.3, -0.25) is 0 Å². The van der Waals surface area contributed by atoms with Gasteiger partial charge in [-0.1, -0.05) is 21.1 Å². The number of hydrogen-bond acceptors (Lipinski definition) is 5. The Morgan fingerprint density at radius 3 is 2.70 bits per heavy atom. The van der Waals surface area contributed by atoms with E-state index in [2.05, 4.69) is 31.4 Å². The Balaban J connectivity index is 1.69. The van der Waals surface area contributed by atoms with Crippen LogP contribution in [0.1, 0.15) is 5.89 Å². The zero-order valence-electron chi connectivity index (χ0n) is 12.2. The highest BCUT2D eigenvalue weighted by Gasteiger charge is 2.10. The van der Waals surface area contributed by atoms with Gasteiger partial charge in [-0.2, -0.15) is 4.98 Å². The molecule has 23 heavy (non-hydrogen) atoms. The summed E-state index contributed by atoms with van der Waals surface area (Å²) < 4.78 is 24.7. The second-order valence-corrected chi connectivity index (χ2v) is 5.63. The van der Waals surface area contributed by atoms with Gasteiger partial charge in [0.05, 0.1) is 19.3 Å². The van der Waals surface area contributed by atoms with Crippen LogP contribution < -0.4 is 10.1 Å². The number of rotatable bonds is 5. The van der Waals surface area contributed by atoms with Gasteiger partial charge in [-0.05, 0) is 42.5 Å². The summed E-state index contributed by atoms with van der Waals surface area (Å²) in [6.45, 7) is 0.238. The first-order valence-corrected chi connectivity index (χ1v) is 7.61. The molecule has 0 unspecified atom stereocenters. The molecule has 7 heteroatoms. The van der Waals surface area contributed by atoms with Crippen molar-refractivity contribution in [1.82, 2.24) is 10.1 Å². The van der Waals surface area contributed by atoms with Crippen LogP contribution >= 0.6 is 15.9 Å². The van der Waals surface area contributed by atoms with Crippen LogP contribution in [0.15, 0.2) is 51.5 Å². The maximum atomic E-state index is 13.7. The van der Waals surface area contributed by atoms with Gasteiger partial charge in [-0.25, -0.2) is 4.39 Å². The molecule has 0 aliphatic rings. The molecule has 0 saturated heterocycles. The van der Waals surface area contributed by atoms with Crippen molar-refractivity contribution in [2.75, 3.05) is 12.4 Å². The molecule has 1 N–H and O–H groups in total. The summed E-state index contributed by atoms with van der Waals surface area (Å²) in [5.74, 6) is 1.25. The minimum absolute atomic E-state index is 0.238. The largest absolute Gasteiger partial charge is 0.497 e. The SMILES string of the molecule is COc1ccc(-c2noc(CNc3ccc(Br)cc3F)n2)cc1. The number of anilines is 1. The summed E-state index contributed by atoms with van der Waals surface area (Å²) >= 11 is 3.21. The number of aromatic nitrogens is 2. The van der Waals surface area contributed by atoms with Crippen LogP contribution in [0, 0.1) is 5.82 Å². The molecule has 3 rings (SSSR count). The molecule has 0 spiro atoms. The molecule has 0 aliphatic heterocycles. The van der Waals surface area contributed by atoms with E-state index in [1.807, 2.05) is 24.3 Å². The Bertz CT molecular complexity index is 805. The maximum Gasteiger partial charge on any atom is 0.246 e. The summed E-state index contributed by atoms with van der Waals surface area (Å²) in [7, 11) is 1.61. The van der Waals surface area contributed by atoms with Crippen LogP contribution in [0.3, 0.4) is 0 Å². The Labute approximate surface area is 140 Å². The van der Waals surface area contributed by atoms with Crippen LogP contribution in [-0.2, 0) is 6.54 Å². The Hall–Kier alpha value is -2.41. The maximum absolute atomic E-state index is 13.7. The Morgan fingerprint density at radius 1 is 1.22 bits per heavy atom.